The summed E-state index contributed by atoms with van der Waals surface area (Å²) in [6, 6.07) is 0. The van der Waals surface area contributed by atoms with E-state index in [9.17, 15) is 0 Å². The molecular formula is C11H17N5. The summed E-state index contributed by atoms with van der Waals surface area (Å²) >= 11 is 0. The molecule has 16 heavy (non-hydrogen) atoms. The zero-order valence-corrected chi connectivity index (χ0v) is 10.4. The molecule has 0 aliphatic carbocycles. The van der Waals surface area contributed by atoms with Gasteiger partial charge < -0.3 is 5.32 Å². The highest BCUT2D eigenvalue weighted by Gasteiger charge is 2.19. The van der Waals surface area contributed by atoms with Crippen LogP contribution in [0.5, 0.6) is 0 Å². The van der Waals surface area contributed by atoms with Gasteiger partial charge in [-0.1, -0.05) is 0 Å². The van der Waals surface area contributed by atoms with Crippen LogP contribution < -0.4 is 5.32 Å². The normalized spacial score (nSPS) is 12.1. The van der Waals surface area contributed by atoms with Crippen LogP contribution in [-0.2, 0) is 5.54 Å². The van der Waals surface area contributed by atoms with Gasteiger partial charge in [0.1, 0.15) is 11.6 Å². The Bertz CT molecular complexity index is 521. The Labute approximate surface area is 94.9 Å². The van der Waals surface area contributed by atoms with Crippen molar-refractivity contribution in [3.63, 3.8) is 0 Å². The van der Waals surface area contributed by atoms with Crippen LogP contribution in [0.2, 0.25) is 0 Å². The summed E-state index contributed by atoms with van der Waals surface area (Å²) in [6.07, 6.45) is 1.81. The molecule has 0 saturated heterocycles. The molecule has 0 aliphatic heterocycles. The van der Waals surface area contributed by atoms with E-state index in [1.54, 1.807) is 0 Å². The molecule has 0 radical (unpaired) electrons. The second-order valence-electron chi connectivity index (χ2n) is 4.83. The van der Waals surface area contributed by atoms with Gasteiger partial charge in [-0.2, -0.15) is 5.10 Å². The predicted octanol–water partition coefficient (Wildman–Crippen LogP) is 1.93. The van der Waals surface area contributed by atoms with Crippen molar-refractivity contribution in [3.8, 4) is 0 Å². The molecule has 0 saturated carbocycles. The fourth-order valence-corrected chi connectivity index (χ4v) is 1.70. The van der Waals surface area contributed by atoms with Crippen LogP contribution in [0.25, 0.3) is 11.0 Å². The standard InChI is InChI=1S/C11H17N5/c1-7-14-9(12-5)8-6-13-16(10(8)15-7)11(2,3)4/h6H,1-5H3,(H,12,14,15). The van der Waals surface area contributed by atoms with Gasteiger partial charge in [-0.15, -0.1) is 0 Å². The maximum absolute atomic E-state index is 4.46. The number of aryl methyl sites for hydroxylation is 1. The van der Waals surface area contributed by atoms with Gasteiger partial charge in [-0.3, -0.25) is 0 Å². The van der Waals surface area contributed by atoms with Crippen molar-refractivity contribution in [3.05, 3.63) is 12.0 Å². The van der Waals surface area contributed by atoms with Crippen molar-refractivity contribution in [2.45, 2.75) is 33.2 Å². The van der Waals surface area contributed by atoms with E-state index in [0.29, 0.717) is 0 Å². The lowest BCUT2D eigenvalue weighted by Gasteiger charge is -2.19. The molecule has 2 aromatic heterocycles. The maximum Gasteiger partial charge on any atom is 0.164 e. The quantitative estimate of drug-likeness (QED) is 0.796. The third-order valence-corrected chi connectivity index (χ3v) is 2.41. The van der Waals surface area contributed by atoms with Crippen LogP contribution in [-0.4, -0.2) is 26.8 Å². The van der Waals surface area contributed by atoms with Crippen molar-refractivity contribution in [1.82, 2.24) is 19.7 Å². The fraction of sp³-hybridized carbons (Fsp3) is 0.545. The van der Waals surface area contributed by atoms with Gasteiger partial charge in [-0.25, -0.2) is 14.6 Å². The second kappa shape index (κ2) is 3.43. The van der Waals surface area contributed by atoms with E-state index in [1.165, 1.54) is 0 Å². The first-order chi connectivity index (χ1) is 7.43. The molecule has 5 heteroatoms. The maximum atomic E-state index is 4.46. The Balaban J connectivity index is 2.77. The summed E-state index contributed by atoms with van der Waals surface area (Å²) in [5, 5.41) is 8.42. The number of aromatic nitrogens is 4. The number of rotatable bonds is 1. The van der Waals surface area contributed by atoms with Crippen molar-refractivity contribution in [2.24, 2.45) is 0 Å². The highest BCUT2D eigenvalue weighted by Crippen LogP contribution is 2.24. The molecule has 0 fully saturated rings. The smallest absolute Gasteiger partial charge is 0.164 e. The molecule has 86 valence electrons. The Morgan fingerprint density at radius 3 is 2.50 bits per heavy atom. The summed E-state index contributed by atoms with van der Waals surface area (Å²) in [5.41, 5.74) is 0.803. The number of nitrogens with one attached hydrogen (secondary N) is 1. The first-order valence-electron chi connectivity index (χ1n) is 5.34. The van der Waals surface area contributed by atoms with Crippen LogP contribution in [0.1, 0.15) is 26.6 Å². The lowest BCUT2D eigenvalue weighted by Crippen LogP contribution is -2.23. The minimum atomic E-state index is -0.0758. The summed E-state index contributed by atoms with van der Waals surface area (Å²) in [4.78, 5) is 8.80. The molecule has 0 bridgehead atoms. The van der Waals surface area contributed by atoms with E-state index in [-0.39, 0.29) is 5.54 Å². The van der Waals surface area contributed by atoms with Crippen LogP contribution in [0.15, 0.2) is 6.20 Å². The van der Waals surface area contributed by atoms with E-state index >= 15 is 0 Å². The van der Waals surface area contributed by atoms with E-state index < -0.39 is 0 Å². The molecule has 2 aromatic rings. The molecule has 2 heterocycles. The minimum Gasteiger partial charge on any atom is -0.372 e. The molecule has 0 spiro atoms. The Morgan fingerprint density at radius 1 is 1.25 bits per heavy atom. The van der Waals surface area contributed by atoms with Gasteiger partial charge >= 0.3 is 0 Å². The number of anilines is 1. The fourth-order valence-electron chi connectivity index (χ4n) is 1.70. The van der Waals surface area contributed by atoms with E-state index in [4.69, 9.17) is 0 Å². The average Bonchev–Trinajstić information content (AvgIpc) is 2.58. The van der Waals surface area contributed by atoms with Crippen LogP contribution in [0.4, 0.5) is 5.82 Å². The molecule has 0 aromatic carbocycles. The van der Waals surface area contributed by atoms with Crippen molar-refractivity contribution >= 4 is 16.9 Å². The average molecular weight is 219 g/mol. The number of hydrogen-bond acceptors (Lipinski definition) is 4. The highest BCUT2D eigenvalue weighted by molar-refractivity contribution is 5.86. The summed E-state index contributed by atoms with van der Waals surface area (Å²) in [5.74, 6) is 1.58. The minimum absolute atomic E-state index is 0.0758. The number of nitrogens with zero attached hydrogens (tertiary/aromatic N) is 4. The monoisotopic (exact) mass is 219 g/mol. The molecule has 0 atom stereocenters. The highest BCUT2D eigenvalue weighted by atomic mass is 15.3. The van der Waals surface area contributed by atoms with Crippen LogP contribution >= 0.6 is 0 Å². The predicted molar refractivity (Wildman–Crippen MR) is 64.6 cm³/mol. The molecule has 5 nitrogen and oxygen atoms in total. The Hall–Kier alpha value is -1.65. The van der Waals surface area contributed by atoms with Gasteiger partial charge in [0.2, 0.25) is 0 Å². The van der Waals surface area contributed by atoms with Crippen molar-refractivity contribution < 1.29 is 0 Å². The van der Waals surface area contributed by atoms with E-state index in [0.717, 1.165) is 22.7 Å². The SMILES string of the molecule is CNc1nc(C)nc2c1cnn2C(C)(C)C. The molecule has 0 aliphatic rings. The molecule has 0 amide bonds. The first kappa shape index (κ1) is 10.9. The molecular weight excluding hydrogens is 202 g/mol. The Morgan fingerprint density at radius 2 is 1.94 bits per heavy atom. The molecule has 2 rings (SSSR count). The van der Waals surface area contributed by atoms with Gasteiger partial charge in [-0.05, 0) is 27.7 Å². The van der Waals surface area contributed by atoms with E-state index in [2.05, 4.69) is 41.2 Å². The lowest BCUT2D eigenvalue weighted by atomic mass is 10.1. The molecule has 0 unspecified atom stereocenters. The summed E-state index contributed by atoms with van der Waals surface area (Å²) < 4.78 is 1.93. The molecule has 1 N–H and O–H groups in total. The van der Waals surface area contributed by atoms with Gasteiger partial charge in [0.25, 0.3) is 0 Å². The topological polar surface area (TPSA) is 55.6 Å². The summed E-state index contributed by atoms with van der Waals surface area (Å²) in [7, 11) is 1.86. The van der Waals surface area contributed by atoms with Crippen molar-refractivity contribution in [1.29, 1.82) is 0 Å². The largest absolute Gasteiger partial charge is 0.372 e. The Kier molecular flexibility index (Phi) is 2.33. The number of hydrogen-bond donors (Lipinski definition) is 1. The van der Waals surface area contributed by atoms with Gasteiger partial charge in [0, 0.05) is 7.05 Å². The summed E-state index contributed by atoms with van der Waals surface area (Å²) in [6.45, 7) is 8.21. The van der Waals surface area contributed by atoms with E-state index in [1.807, 2.05) is 24.9 Å². The first-order valence-corrected chi connectivity index (χ1v) is 5.34. The second-order valence-corrected chi connectivity index (χ2v) is 4.83. The lowest BCUT2D eigenvalue weighted by molar-refractivity contribution is 0.365. The van der Waals surface area contributed by atoms with Crippen LogP contribution in [0.3, 0.4) is 0 Å². The zero-order chi connectivity index (χ0) is 11.9. The van der Waals surface area contributed by atoms with Crippen molar-refractivity contribution in [2.75, 3.05) is 12.4 Å². The van der Waals surface area contributed by atoms with Gasteiger partial charge in [0.15, 0.2) is 5.65 Å². The third kappa shape index (κ3) is 1.62. The van der Waals surface area contributed by atoms with Gasteiger partial charge in [0.05, 0.1) is 17.1 Å². The van der Waals surface area contributed by atoms with Crippen LogP contribution in [0, 0.1) is 6.92 Å². The third-order valence-electron chi connectivity index (χ3n) is 2.41. The number of fused-ring (bicyclic) bond motifs is 1. The zero-order valence-electron chi connectivity index (χ0n) is 10.4.